The Balaban J connectivity index is 1.55. The number of methoxy groups -OCH3 is 1. The van der Waals surface area contributed by atoms with Crippen LogP contribution in [-0.2, 0) is 6.54 Å². The molecule has 4 rings (SSSR count). The van der Waals surface area contributed by atoms with Crippen molar-refractivity contribution in [3.8, 4) is 17.2 Å². The molecule has 1 heterocycles. The van der Waals surface area contributed by atoms with Gasteiger partial charge >= 0.3 is 0 Å². The molecule has 6 heteroatoms. The number of carbonyl (C=O) groups excluding carboxylic acids is 1. The molecule has 31 heavy (non-hydrogen) atoms. The van der Waals surface area contributed by atoms with Crippen molar-refractivity contribution in [2.75, 3.05) is 7.11 Å². The van der Waals surface area contributed by atoms with Gasteiger partial charge in [0.1, 0.15) is 5.75 Å². The lowest BCUT2D eigenvalue weighted by molar-refractivity contribution is 0.0963. The van der Waals surface area contributed by atoms with E-state index < -0.39 is 6.04 Å². The third-order valence-electron chi connectivity index (χ3n) is 4.96. The zero-order chi connectivity index (χ0) is 21.5. The third kappa shape index (κ3) is 5.24. The van der Waals surface area contributed by atoms with Crippen LogP contribution in [0.15, 0.2) is 89.3 Å². The minimum atomic E-state index is -0.410. The molecular weight excluding hydrogens is 390 g/mol. The summed E-state index contributed by atoms with van der Waals surface area (Å²) in [4.78, 5) is 12.8. The minimum absolute atomic E-state index is 0.00959. The van der Waals surface area contributed by atoms with E-state index >= 15 is 0 Å². The van der Waals surface area contributed by atoms with E-state index in [4.69, 9.17) is 9.15 Å². The highest BCUT2D eigenvalue weighted by Gasteiger charge is 2.23. The van der Waals surface area contributed by atoms with E-state index in [1.54, 1.807) is 7.11 Å². The molecule has 6 nitrogen and oxygen atoms in total. The SMILES string of the molecule is COc1ccc(-c2nnc(C(CC(=O)c3ccccc3)NCc3ccccc3)o2)cc1. The molecule has 0 amide bonds. The number of carbonyl (C=O) groups is 1. The lowest BCUT2D eigenvalue weighted by atomic mass is 10.0. The van der Waals surface area contributed by atoms with Crippen molar-refractivity contribution in [2.24, 2.45) is 0 Å². The van der Waals surface area contributed by atoms with Crippen molar-refractivity contribution in [3.63, 3.8) is 0 Å². The smallest absolute Gasteiger partial charge is 0.247 e. The second-order valence-electron chi connectivity index (χ2n) is 7.09. The van der Waals surface area contributed by atoms with Gasteiger partial charge in [-0.05, 0) is 29.8 Å². The number of hydrogen-bond donors (Lipinski definition) is 1. The second kappa shape index (κ2) is 9.82. The van der Waals surface area contributed by atoms with Crippen molar-refractivity contribution in [3.05, 3.63) is 102 Å². The van der Waals surface area contributed by atoms with Gasteiger partial charge in [-0.25, -0.2) is 0 Å². The van der Waals surface area contributed by atoms with E-state index in [-0.39, 0.29) is 12.2 Å². The van der Waals surface area contributed by atoms with Crippen molar-refractivity contribution < 1.29 is 13.9 Å². The van der Waals surface area contributed by atoms with Crippen LogP contribution in [0.5, 0.6) is 5.75 Å². The first-order valence-corrected chi connectivity index (χ1v) is 10.1. The third-order valence-corrected chi connectivity index (χ3v) is 4.96. The summed E-state index contributed by atoms with van der Waals surface area (Å²) < 4.78 is 11.1. The van der Waals surface area contributed by atoms with Gasteiger partial charge in [0.05, 0.1) is 13.2 Å². The highest BCUT2D eigenvalue weighted by atomic mass is 16.5. The van der Waals surface area contributed by atoms with E-state index in [1.807, 2.05) is 84.9 Å². The van der Waals surface area contributed by atoms with E-state index in [2.05, 4.69) is 15.5 Å². The molecule has 3 aromatic carbocycles. The maximum Gasteiger partial charge on any atom is 0.247 e. The summed E-state index contributed by atoms with van der Waals surface area (Å²) in [6.07, 6.45) is 0.209. The Morgan fingerprint density at radius 2 is 1.61 bits per heavy atom. The van der Waals surface area contributed by atoms with Crippen LogP contribution in [0.25, 0.3) is 11.5 Å². The normalized spacial score (nSPS) is 11.8. The lowest BCUT2D eigenvalue weighted by Crippen LogP contribution is -2.24. The Morgan fingerprint density at radius 1 is 0.935 bits per heavy atom. The summed E-state index contributed by atoms with van der Waals surface area (Å²) in [5.74, 6) is 1.54. The fraction of sp³-hybridized carbons (Fsp3) is 0.160. The Labute approximate surface area is 180 Å². The molecular formula is C25H23N3O3. The van der Waals surface area contributed by atoms with Crippen LogP contribution >= 0.6 is 0 Å². The summed E-state index contributed by atoms with van der Waals surface area (Å²) in [6.45, 7) is 0.577. The predicted octanol–water partition coefficient (Wildman–Crippen LogP) is 4.85. The van der Waals surface area contributed by atoms with Crippen molar-refractivity contribution in [1.29, 1.82) is 0 Å². The molecule has 0 saturated heterocycles. The largest absolute Gasteiger partial charge is 0.497 e. The fourth-order valence-electron chi connectivity index (χ4n) is 3.24. The van der Waals surface area contributed by atoms with Gasteiger partial charge in [-0.2, -0.15) is 0 Å². The topological polar surface area (TPSA) is 77.2 Å². The summed E-state index contributed by atoms with van der Waals surface area (Å²) in [6, 6.07) is 26.2. The number of benzene rings is 3. The summed E-state index contributed by atoms with van der Waals surface area (Å²) >= 11 is 0. The molecule has 0 saturated carbocycles. The quantitative estimate of drug-likeness (QED) is 0.395. The Bertz CT molecular complexity index is 1110. The van der Waals surface area contributed by atoms with E-state index in [1.165, 1.54) is 0 Å². The number of aromatic nitrogens is 2. The first-order valence-electron chi connectivity index (χ1n) is 10.1. The molecule has 1 N–H and O–H groups in total. The number of hydrogen-bond acceptors (Lipinski definition) is 6. The highest BCUT2D eigenvalue weighted by Crippen LogP contribution is 2.25. The maximum atomic E-state index is 12.8. The lowest BCUT2D eigenvalue weighted by Gasteiger charge is -2.15. The van der Waals surface area contributed by atoms with Gasteiger partial charge in [0, 0.05) is 24.1 Å². The maximum absolute atomic E-state index is 12.8. The second-order valence-corrected chi connectivity index (χ2v) is 7.09. The Morgan fingerprint density at radius 3 is 2.29 bits per heavy atom. The first-order chi connectivity index (χ1) is 15.2. The number of ether oxygens (including phenoxy) is 1. The van der Waals surface area contributed by atoms with E-state index in [9.17, 15) is 4.79 Å². The molecule has 0 spiro atoms. The van der Waals surface area contributed by atoms with Gasteiger partial charge in [0.15, 0.2) is 5.78 Å². The van der Waals surface area contributed by atoms with E-state index in [0.29, 0.717) is 23.9 Å². The van der Waals surface area contributed by atoms with Crippen LogP contribution in [0.1, 0.15) is 34.3 Å². The Kier molecular flexibility index (Phi) is 6.50. The van der Waals surface area contributed by atoms with Crippen LogP contribution in [0.2, 0.25) is 0 Å². The molecule has 4 aromatic rings. The molecule has 1 unspecified atom stereocenters. The molecule has 156 valence electrons. The molecule has 0 radical (unpaired) electrons. The number of nitrogens with zero attached hydrogens (tertiary/aromatic N) is 2. The molecule has 1 atom stereocenters. The summed E-state index contributed by atoms with van der Waals surface area (Å²) in [5.41, 5.74) is 2.55. The summed E-state index contributed by atoms with van der Waals surface area (Å²) in [7, 11) is 1.62. The molecule has 0 aliphatic heterocycles. The average Bonchev–Trinajstić information content (AvgIpc) is 3.33. The standard InChI is InChI=1S/C25H23N3O3/c1-30-21-14-12-20(13-15-21)24-27-28-25(31-24)22(26-17-18-8-4-2-5-9-18)16-23(29)19-10-6-3-7-11-19/h2-15,22,26H,16-17H2,1H3. The zero-order valence-electron chi connectivity index (χ0n) is 17.2. The van der Waals surface area contributed by atoms with Crippen LogP contribution in [0, 0.1) is 0 Å². The zero-order valence-corrected chi connectivity index (χ0v) is 17.2. The van der Waals surface area contributed by atoms with Crippen molar-refractivity contribution in [2.45, 2.75) is 19.0 Å². The van der Waals surface area contributed by atoms with Crippen LogP contribution in [0.4, 0.5) is 0 Å². The Hall–Kier alpha value is -3.77. The van der Waals surface area contributed by atoms with Gasteiger partial charge in [0.25, 0.3) is 0 Å². The summed E-state index contributed by atoms with van der Waals surface area (Å²) in [5, 5.41) is 11.8. The number of rotatable bonds is 9. The molecule has 1 aromatic heterocycles. The molecule has 0 aliphatic rings. The number of Topliss-reactive ketones (excluding diaryl/α,β-unsaturated/α-hetero) is 1. The molecule has 0 aliphatic carbocycles. The van der Waals surface area contributed by atoms with E-state index in [0.717, 1.165) is 16.9 Å². The van der Waals surface area contributed by atoms with Crippen LogP contribution < -0.4 is 10.1 Å². The minimum Gasteiger partial charge on any atom is -0.497 e. The average molecular weight is 413 g/mol. The predicted molar refractivity (Wildman–Crippen MR) is 118 cm³/mol. The molecule has 0 bridgehead atoms. The van der Waals surface area contributed by atoms with Gasteiger partial charge in [-0.3, -0.25) is 4.79 Å². The number of nitrogens with one attached hydrogen (secondary N) is 1. The molecule has 0 fully saturated rings. The van der Waals surface area contributed by atoms with Gasteiger partial charge in [0.2, 0.25) is 11.8 Å². The van der Waals surface area contributed by atoms with Gasteiger partial charge in [-0.1, -0.05) is 60.7 Å². The van der Waals surface area contributed by atoms with Gasteiger partial charge in [-0.15, -0.1) is 10.2 Å². The fourth-order valence-corrected chi connectivity index (χ4v) is 3.24. The van der Waals surface area contributed by atoms with Crippen LogP contribution in [-0.4, -0.2) is 23.1 Å². The van der Waals surface area contributed by atoms with Crippen LogP contribution in [0.3, 0.4) is 0 Å². The first kappa shape index (κ1) is 20.5. The number of ketones is 1. The van der Waals surface area contributed by atoms with Crippen molar-refractivity contribution in [1.82, 2.24) is 15.5 Å². The van der Waals surface area contributed by atoms with Gasteiger partial charge < -0.3 is 14.5 Å². The monoisotopic (exact) mass is 413 g/mol. The highest BCUT2D eigenvalue weighted by molar-refractivity contribution is 5.96. The van der Waals surface area contributed by atoms with Crippen molar-refractivity contribution >= 4 is 5.78 Å².